The molecule has 0 bridgehead atoms. The number of hydrogen-bond donors (Lipinski definition) is 2. The number of hydrogen-bond acceptors (Lipinski definition) is 5. The van der Waals surface area contributed by atoms with E-state index in [9.17, 15) is 9.90 Å². The van der Waals surface area contributed by atoms with Crippen molar-refractivity contribution in [1.82, 2.24) is 19.4 Å². The molecule has 3 heterocycles. The maximum atomic E-state index is 11.7. The lowest BCUT2D eigenvalue weighted by Crippen LogP contribution is -2.12. The summed E-state index contributed by atoms with van der Waals surface area (Å²) >= 11 is 0. The van der Waals surface area contributed by atoms with Crippen LogP contribution in [0, 0.1) is 6.92 Å². The van der Waals surface area contributed by atoms with Gasteiger partial charge >= 0.3 is 5.97 Å². The third kappa shape index (κ3) is 3.18. The second kappa shape index (κ2) is 7.11. The number of imidazole rings is 1. The minimum Gasteiger partial charge on any atom is -0.478 e. The molecular weight excluding hydrogens is 354 g/mol. The first-order valence-corrected chi connectivity index (χ1v) is 8.89. The molecule has 0 radical (unpaired) electrons. The number of pyridine rings is 1. The molecule has 0 unspecified atom stereocenters. The fraction of sp³-hybridized carbons (Fsp3) is 0.143. The molecule has 0 saturated carbocycles. The predicted molar refractivity (Wildman–Crippen MR) is 106 cm³/mol. The van der Waals surface area contributed by atoms with E-state index in [2.05, 4.69) is 20.3 Å². The van der Waals surface area contributed by atoms with Crippen LogP contribution in [0.25, 0.3) is 17.0 Å². The fourth-order valence-corrected chi connectivity index (χ4v) is 3.15. The van der Waals surface area contributed by atoms with Crippen molar-refractivity contribution in [2.75, 3.05) is 5.32 Å². The summed E-state index contributed by atoms with van der Waals surface area (Å²) in [6.07, 6.45) is 4.82. The average molecular weight is 373 g/mol. The number of aryl methyl sites for hydroxylation is 1. The SMILES string of the molecule is Cc1cccn2c(-c3nc(N[C@@H](C)c4ccccc4)ncc3C(=O)O)cnc12. The van der Waals surface area contributed by atoms with Crippen LogP contribution in [-0.2, 0) is 0 Å². The van der Waals surface area contributed by atoms with E-state index in [0.717, 1.165) is 16.8 Å². The van der Waals surface area contributed by atoms with Crippen molar-refractivity contribution in [2.24, 2.45) is 0 Å². The molecular formula is C21H19N5O2. The first-order chi connectivity index (χ1) is 13.5. The van der Waals surface area contributed by atoms with Crippen LogP contribution in [0.2, 0.25) is 0 Å². The summed E-state index contributed by atoms with van der Waals surface area (Å²) in [6.45, 7) is 3.96. The van der Waals surface area contributed by atoms with Crippen molar-refractivity contribution in [3.8, 4) is 11.4 Å². The number of anilines is 1. The first kappa shape index (κ1) is 17.7. The van der Waals surface area contributed by atoms with Crippen molar-refractivity contribution >= 4 is 17.6 Å². The van der Waals surface area contributed by atoms with Crippen molar-refractivity contribution in [3.05, 3.63) is 77.7 Å². The molecule has 1 atom stereocenters. The van der Waals surface area contributed by atoms with Crippen LogP contribution in [0.5, 0.6) is 0 Å². The molecule has 4 rings (SSSR count). The number of carbonyl (C=O) groups is 1. The van der Waals surface area contributed by atoms with Crippen LogP contribution in [0.1, 0.15) is 34.5 Å². The van der Waals surface area contributed by atoms with Crippen molar-refractivity contribution in [3.63, 3.8) is 0 Å². The van der Waals surface area contributed by atoms with E-state index in [-0.39, 0.29) is 11.6 Å². The predicted octanol–water partition coefficient (Wildman–Crippen LogP) is 3.97. The monoisotopic (exact) mass is 373 g/mol. The van der Waals surface area contributed by atoms with Gasteiger partial charge < -0.3 is 10.4 Å². The number of aromatic carboxylic acids is 1. The molecule has 0 spiro atoms. The Hall–Kier alpha value is -3.74. The summed E-state index contributed by atoms with van der Waals surface area (Å²) in [7, 11) is 0. The van der Waals surface area contributed by atoms with E-state index in [0.29, 0.717) is 17.3 Å². The van der Waals surface area contributed by atoms with E-state index in [1.54, 1.807) is 6.20 Å². The van der Waals surface area contributed by atoms with Gasteiger partial charge in [0.1, 0.15) is 16.9 Å². The Morgan fingerprint density at radius 2 is 1.89 bits per heavy atom. The van der Waals surface area contributed by atoms with Crippen LogP contribution in [0.3, 0.4) is 0 Å². The normalized spacial score (nSPS) is 12.1. The molecule has 0 amide bonds. The molecule has 0 aliphatic rings. The minimum absolute atomic E-state index is 0.0289. The van der Waals surface area contributed by atoms with Crippen LogP contribution in [0.4, 0.5) is 5.95 Å². The van der Waals surface area contributed by atoms with Gasteiger partial charge in [0, 0.05) is 12.4 Å². The van der Waals surface area contributed by atoms with Crippen molar-refractivity contribution in [2.45, 2.75) is 19.9 Å². The molecule has 0 saturated heterocycles. The van der Waals surface area contributed by atoms with E-state index >= 15 is 0 Å². The van der Waals surface area contributed by atoms with Gasteiger partial charge in [-0.2, -0.15) is 0 Å². The lowest BCUT2D eigenvalue weighted by atomic mass is 10.1. The van der Waals surface area contributed by atoms with E-state index < -0.39 is 5.97 Å². The summed E-state index contributed by atoms with van der Waals surface area (Å²) in [5.41, 5.74) is 3.80. The molecule has 1 aromatic carbocycles. The number of fused-ring (bicyclic) bond motifs is 1. The topological polar surface area (TPSA) is 92.4 Å². The molecule has 7 nitrogen and oxygen atoms in total. The quantitative estimate of drug-likeness (QED) is 0.550. The summed E-state index contributed by atoms with van der Waals surface area (Å²) in [4.78, 5) is 24.9. The van der Waals surface area contributed by atoms with Crippen LogP contribution in [0.15, 0.2) is 61.1 Å². The third-order valence-corrected chi connectivity index (χ3v) is 4.64. The molecule has 3 aromatic heterocycles. The van der Waals surface area contributed by atoms with E-state index in [1.807, 2.05) is 66.9 Å². The van der Waals surface area contributed by atoms with Crippen molar-refractivity contribution in [1.29, 1.82) is 0 Å². The van der Waals surface area contributed by atoms with Gasteiger partial charge in [0.25, 0.3) is 0 Å². The molecule has 4 aromatic rings. The highest BCUT2D eigenvalue weighted by molar-refractivity contribution is 5.94. The van der Waals surface area contributed by atoms with Gasteiger partial charge in [-0.1, -0.05) is 36.4 Å². The zero-order chi connectivity index (χ0) is 19.7. The number of carboxylic acids is 1. The maximum absolute atomic E-state index is 11.7. The molecule has 0 fully saturated rings. The van der Waals surface area contributed by atoms with Crippen LogP contribution in [-0.4, -0.2) is 30.4 Å². The smallest absolute Gasteiger partial charge is 0.339 e. The van der Waals surface area contributed by atoms with Crippen LogP contribution >= 0.6 is 0 Å². The Labute approximate surface area is 161 Å². The maximum Gasteiger partial charge on any atom is 0.339 e. The lowest BCUT2D eigenvalue weighted by Gasteiger charge is -2.15. The lowest BCUT2D eigenvalue weighted by molar-refractivity contribution is 0.0697. The molecule has 28 heavy (non-hydrogen) atoms. The minimum atomic E-state index is -1.08. The second-order valence-corrected chi connectivity index (χ2v) is 6.57. The third-order valence-electron chi connectivity index (χ3n) is 4.64. The largest absolute Gasteiger partial charge is 0.478 e. The zero-order valence-corrected chi connectivity index (χ0v) is 15.5. The Morgan fingerprint density at radius 1 is 1.11 bits per heavy atom. The highest BCUT2D eigenvalue weighted by Gasteiger charge is 2.19. The number of benzene rings is 1. The zero-order valence-electron chi connectivity index (χ0n) is 15.5. The molecule has 7 heteroatoms. The summed E-state index contributed by atoms with van der Waals surface area (Å²) < 4.78 is 1.84. The van der Waals surface area contributed by atoms with E-state index in [1.165, 1.54) is 6.20 Å². The number of nitrogens with zero attached hydrogens (tertiary/aromatic N) is 4. The Morgan fingerprint density at radius 3 is 2.64 bits per heavy atom. The molecule has 140 valence electrons. The van der Waals surface area contributed by atoms with Gasteiger partial charge in [-0.15, -0.1) is 0 Å². The Kier molecular flexibility index (Phi) is 4.49. The number of rotatable bonds is 5. The fourth-order valence-electron chi connectivity index (χ4n) is 3.15. The van der Waals surface area contributed by atoms with Gasteiger partial charge in [-0.3, -0.25) is 4.40 Å². The average Bonchev–Trinajstić information content (AvgIpc) is 3.14. The first-order valence-electron chi connectivity index (χ1n) is 8.89. The molecule has 2 N–H and O–H groups in total. The highest BCUT2D eigenvalue weighted by atomic mass is 16.4. The number of carboxylic acid groups (broad SMARTS) is 1. The second-order valence-electron chi connectivity index (χ2n) is 6.57. The molecule has 0 aliphatic heterocycles. The standard InChI is InChI=1S/C21H19N5O2/c1-13-7-6-10-26-17(12-22-19(13)26)18-16(20(27)28)11-23-21(25-18)24-14(2)15-8-4-3-5-9-15/h3-12,14H,1-2H3,(H,27,28)(H,23,24,25)/t14-/m0/s1. The highest BCUT2D eigenvalue weighted by Crippen LogP contribution is 2.26. The van der Waals surface area contributed by atoms with Gasteiger partial charge in [-0.05, 0) is 31.0 Å². The van der Waals surface area contributed by atoms with E-state index in [4.69, 9.17) is 0 Å². The Balaban J connectivity index is 1.78. The Bertz CT molecular complexity index is 1150. The van der Waals surface area contributed by atoms with Crippen molar-refractivity contribution < 1.29 is 9.90 Å². The van der Waals surface area contributed by atoms with Gasteiger partial charge in [0.2, 0.25) is 5.95 Å². The van der Waals surface area contributed by atoms with Gasteiger partial charge in [0.15, 0.2) is 0 Å². The van der Waals surface area contributed by atoms with Gasteiger partial charge in [0.05, 0.1) is 17.9 Å². The summed E-state index contributed by atoms with van der Waals surface area (Å²) in [5.74, 6) is -0.723. The molecule has 0 aliphatic carbocycles. The van der Waals surface area contributed by atoms with Gasteiger partial charge in [-0.25, -0.2) is 19.7 Å². The summed E-state index contributed by atoms with van der Waals surface area (Å²) in [6, 6.07) is 13.7. The number of nitrogens with one attached hydrogen (secondary N) is 1. The number of aromatic nitrogens is 4. The van der Waals surface area contributed by atoms with Crippen LogP contribution < -0.4 is 5.32 Å². The summed E-state index contributed by atoms with van der Waals surface area (Å²) in [5, 5.41) is 12.9.